The number of carboxylic acids is 1. The zero-order chi connectivity index (χ0) is 17.6. The van der Waals surface area contributed by atoms with Crippen LogP contribution in [0.15, 0.2) is 46.9 Å². The topological polar surface area (TPSA) is 79.5 Å². The largest absolute Gasteiger partial charge is 0.475 e. The number of hydrogen-bond acceptors (Lipinski definition) is 3. The van der Waals surface area contributed by atoms with E-state index in [1.807, 2.05) is 6.07 Å². The molecular formula is C20H23NO4. The molecule has 1 aromatic heterocycles. The van der Waals surface area contributed by atoms with Crippen LogP contribution in [0.4, 0.5) is 0 Å². The van der Waals surface area contributed by atoms with Crippen molar-refractivity contribution in [2.45, 2.75) is 44.6 Å². The van der Waals surface area contributed by atoms with Crippen LogP contribution in [0.2, 0.25) is 0 Å². The Balaban J connectivity index is 1.41. The van der Waals surface area contributed by atoms with Gasteiger partial charge in [-0.1, -0.05) is 30.3 Å². The molecular weight excluding hydrogens is 318 g/mol. The summed E-state index contributed by atoms with van der Waals surface area (Å²) in [6, 6.07) is 13.6. The van der Waals surface area contributed by atoms with Crippen molar-refractivity contribution < 1.29 is 19.1 Å². The predicted octanol–water partition coefficient (Wildman–Crippen LogP) is 3.96. The van der Waals surface area contributed by atoms with Gasteiger partial charge in [-0.3, -0.25) is 4.79 Å². The molecule has 25 heavy (non-hydrogen) atoms. The first-order chi connectivity index (χ1) is 12.1. The fourth-order valence-corrected chi connectivity index (χ4v) is 3.53. The van der Waals surface area contributed by atoms with Gasteiger partial charge in [-0.25, -0.2) is 4.79 Å². The summed E-state index contributed by atoms with van der Waals surface area (Å²) in [5.74, 6) is 0.274. The van der Waals surface area contributed by atoms with E-state index in [0.717, 1.165) is 25.7 Å². The Bertz CT molecular complexity index is 714. The van der Waals surface area contributed by atoms with Crippen LogP contribution in [0.25, 0.3) is 0 Å². The van der Waals surface area contributed by atoms with Gasteiger partial charge in [0.2, 0.25) is 11.7 Å². The lowest BCUT2D eigenvalue weighted by atomic mass is 9.77. The summed E-state index contributed by atoms with van der Waals surface area (Å²) in [4.78, 5) is 22.9. The van der Waals surface area contributed by atoms with Crippen LogP contribution in [0.1, 0.15) is 59.9 Å². The van der Waals surface area contributed by atoms with E-state index in [9.17, 15) is 9.59 Å². The molecule has 0 radical (unpaired) electrons. The molecule has 1 fully saturated rings. The van der Waals surface area contributed by atoms with E-state index in [2.05, 4.69) is 29.6 Å². The average molecular weight is 341 g/mol. The van der Waals surface area contributed by atoms with Crippen LogP contribution in [0.3, 0.4) is 0 Å². The van der Waals surface area contributed by atoms with Crippen molar-refractivity contribution >= 4 is 11.9 Å². The van der Waals surface area contributed by atoms with Gasteiger partial charge in [-0.05, 0) is 55.2 Å². The Hall–Kier alpha value is -2.56. The lowest BCUT2D eigenvalue weighted by Gasteiger charge is -2.28. The molecule has 1 aliphatic rings. The zero-order valence-corrected chi connectivity index (χ0v) is 14.1. The SMILES string of the molecule is O=C(CC1CCC(c2ccccc2)CC1)NCc1ccc(C(=O)O)o1. The highest BCUT2D eigenvalue weighted by Gasteiger charge is 2.24. The summed E-state index contributed by atoms with van der Waals surface area (Å²) in [5, 5.41) is 11.6. The molecule has 0 unspecified atom stereocenters. The van der Waals surface area contributed by atoms with E-state index in [-0.39, 0.29) is 18.2 Å². The fourth-order valence-electron chi connectivity index (χ4n) is 3.53. The maximum Gasteiger partial charge on any atom is 0.371 e. The second-order valence-electron chi connectivity index (χ2n) is 6.68. The molecule has 0 atom stereocenters. The molecule has 3 rings (SSSR count). The molecule has 1 aliphatic carbocycles. The van der Waals surface area contributed by atoms with Gasteiger partial charge in [0, 0.05) is 6.42 Å². The van der Waals surface area contributed by atoms with E-state index in [1.165, 1.54) is 11.6 Å². The Kier molecular flexibility index (Phi) is 5.53. The van der Waals surface area contributed by atoms with Gasteiger partial charge in [-0.15, -0.1) is 0 Å². The second kappa shape index (κ2) is 8.01. The highest BCUT2D eigenvalue weighted by atomic mass is 16.4. The van der Waals surface area contributed by atoms with Crippen LogP contribution in [0, 0.1) is 5.92 Å². The van der Waals surface area contributed by atoms with Crippen molar-refractivity contribution in [1.82, 2.24) is 5.32 Å². The number of carbonyl (C=O) groups excluding carboxylic acids is 1. The van der Waals surface area contributed by atoms with Crippen LogP contribution >= 0.6 is 0 Å². The smallest absolute Gasteiger partial charge is 0.371 e. The van der Waals surface area contributed by atoms with Gasteiger partial charge in [0.15, 0.2) is 0 Å². The second-order valence-corrected chi connectivity index (χ2v) is 6.68. The number of carbonyl (C=O) groups is 2. The third kappa shape index (κ3) is 4.72. The fraction of sp³-hybridized carbons (Fsp3) is 0.400. The first-order valence-corrected chi connectivity index (χ1v) is 8.75. The molecule has 0 saturated heterocycles. The molecule has 0 aliphatic heterocycles. The van der Waals surface area contributed by atoms with Crippen LogP contribution < -0.4 is 5.32 Å². The minimum atomic E-state index is -1.10. The summed E-state index contributed by atoms with van der Waals surface area (Å²) < 4.78 is 5.13. The lowest BCUT2D eigenvalue weighted by molar-refractivity contribution is -0.122. The molecule has 5 nitrogen and oxygen atoms in total. The monoisotopic (exact) mass is 341 g/mol. The van der Waals surface area contributed by atoms with E-state index in [0.29, 0.717) is 24.0 Å². The van der Waals surface area contributed by atoms with E-state index >= 15 is 0 Å². The maximum absolute atomic E-state index is 12.1. The zero-order valence-electron chi connectivity index (χ0n) is 14.1. The molecule has 1 heterocycles. The van der Waals surface area contributed by atoms with Crippen molar-refractivity contribution in [3.8, 4) is 0 Å². The van der Waals surface area contributed by atoms with Crippen molar-refractivity contribution in [2.75, 3.05) is 0 Å². The van der Waals surface area contributed by atoms with Crippen molar-refractivity contribution in [3.05, 3.63) is 59.5 Å². The van der Waals surface area contributed by atoms with Crippen molar-refractivity contribution in [1.29, 1.82) is 0 Å². The number of rotatable bonds is 6. The van der Waals surface area contributed by atoms with Crippen molar-refractivity contribution in [3.63, 3.8) is 0 Å². The number of hydrogen-bond donors (Lipinski definition) is 2. The van der Waals surface area contributed by atoms with Gasteiger partial charge in [0.25, 0.3) is 0 Å². The number of nitrogens with one attached hydrogen (secondary N) is 1. The van der Waals surface area contributed by atoms with Gasteiger partial charge >= 0.3 is 5.97 Å². The number of amides is 1. The van der Waals surface area contributed by atoms with Gasteiger partial charge < -0.3 is 14.8 Å². The average Bonchev–Trinajstić information content (AvgIpc) is 3.11. The quantitative estimate of drug-likeness (QED) is 0.833. The first kappa shape index (κ1) is 17.3. The third-order valence-corrected chi connectivity index (χ3v) is 4.92. The van der Waals surface area contributed by atoms with Gasteiger partial charge in [-0.2, -0.15) is 0 Å². The standard InChI is InChI=1S/C20H23NO4/c22-19(21-13-17-10-11-18(25-17)20(23)24)12-14-6-8-16(9-7-14)15-4-2-1-3-5-15/h1-5,10-11,14,16H,6-9,12-13H2,(H,21,22)(H,23,24). The number of furan rings is 1. The van der Waals surface area contributed by atoms with E-state index in [4.69, 9.17) is 9.52 Å². The number of benzene rings is 1. The molecule has 0 spiro atoms. The Labute approximate surface area is 147 Å². The summed E-state index contributed by atoms with van der Waals surface area (Å²) in [6.45, 7) is 0.228. The molecule has 5 heteroatoms. The number of aromatic carboxylic acids is 1. The molecule has 2 N–H and O–H groups in total. The molecule has 1 saturated carbocycles. The Morgan fingerprint density at radius 1 is 1.04 bits per heavy atom. The molecule has 1 aromatic carbocycles. The summed E-state index contributed by atoms with van der Waals surface area (Å²) in [5.41, 5.74) is 1.40. The van der Waals surface area contributed by atoms with E-state index in [1.54, 1.807) is 6.07 Å². The summed E-state index contributed by atoms with van der Waals surface area (Å²) >= 11 is 0. The summed E-state index contributed by atoms with van der Waals surface area (Å²) in [6.07, 6.45) is 4.91. The van der Waals surface area contributed by atoms with Crippen LogP contribution in [0.5, 0.6) is 0 Å². The van der Waals surface area contributed by atoms with Crippen LogP contribution in [-0.4, -0.2) is 17.0 Å². The normalized spacial score (nSPS) is 20.2. The van der Waals surface area contributed by atoms with Crippen LogP contribution in [-0.2, 0) is 11.3 Å². The lowest BCUT2D eigenvalue weighted by Crippen LogP contribution is -2.26. The van der Waals surface area contributed by atoms with Gasteiger partial charge in [0.1, 0.15) is 5.76 Å². The Morgan fingerprint density at radius 2 is 1.76 bits per heavy atom. The highest BCUT2D eigenvalue weighted by Crippen LogP contribution is 2.36. The minimum Gasteiger partial charge on any atom is -0.475 e. The molecule has 1 amide bonds. The molecule has 0 bridgehead atoms. The summed E-state index contributed by atoms with van der Waals surface area (Å²) in [7, 11) is 0. The minimum absolute atomic E-state index is 0.00330. The first-order valence-electron chi connectivity index (χ1n) is 8.75. The van der Waals surface area contributed by atoms with Crippen molar-refractivity contribution in [2.24, 2.45) is 5.92 Å². The number of carboxylic acid groups (broad SMARTS) is 1. The molecule has 2 aromatic rings. The third-order valence-electron chi connectivity index (χ3n) is 4.92. The van der Waals surface area contributed by atoms with Gasteiger partial charge in [0.05, 0.1) is 6.54 Å². The van der Waals surface area contributed by atoms with E-state index < -0.39 is 5.97 Å². The maximum atomic E-state index is 12.1. The highest BCUT2D eigenvalue weighted by molar-refractivity contribution is 5.84. The molecule has 132 valence electrons. The predicted molar refractivity (Wildman–Crippen MR) is 93.3 cm³/mol. The Morgan fingerprint density at radius 3 is 2.40 bits per heavy atom.